The molecule has 1 aliphatic carbocycles. The van der Waals surface area contributed by atoms with Crippen molar-refractivity contribution in [2.75, 3.05) is 12.0 Å². The summed E-state index contributed by atoms with van der Waals surface area (Å²) in [7, 11) is 1.58. The van der Waals surface area contributed by atoms with Gasteiger partial charge in [-0.3, -0.25) is 14.5 Å². The van der Waals surface area contributed by atoms with Crippen molar-refractivity contribution in [2.24, 2.45) is 17.8 Å². The fourth-order valence-corrected chi connectivity index (χ4v) is 5.93. The zero-order chi connectivity index (χ0) is 26.8. The van der Waals surface area contributed by atoms with E-state index in [1.165, 1.54) is 4.90 Å². The molecule has 3 aliphatic rings. The Morgan fingerprint density at radius 3 is 1.90 bits per heavy atom. The van der Waals surface area contributed by atoms with Gasteiger partial charge >= 0.3 is 0 Å². The second-order valence-electron chi connectivity index (χ2n) is 10.1. The van der Waals surface area contributed by atoms with E-state index in [1.807, 2.05) is 84.9 Å². The SMILES string of the molecule is CO[C@H]1OC2=CC[C@@H]3C(=O)N(c4ccccc4)C(=O)[C@@H]3[C@@H]2[C@@H](OCc2ccccc2)[C@H]1OCc1ccccc1. The molecular weight excluding hydrogens is 494 g/mol. The number of methoxy groups -OCH3 is 1. The number of imide groups is 1. The van der Waals surface area contributed by atoms with Crippen LogP contribution in [0.2, 0.25) is 0 Å². The lowest BCUT2D eigenvalue weighted by molar-refractivity contribution is -0.260. The van der Waals surface area contributed by atoms with Gasteiger partial charge in [-0.1, -0.05) is 78.9 Å². The molecule has 3 aromatic rings. The van der Waals surface area contributed by atoms with Crippen molar-refractivity contribution in [3.8, 4) is 0 Å². The number of anilines is 1. The molecule has 0 aromatic heterocycles. The highest BCUT2D eigenvalue weighted by molar-refractivity contribution is 6.22. The number of carbonyl (C=O) groups excluding carboxylic acids is 2. The van der Waals surface area contributed by atoms with Crippen LogP contribution in [0.3, 0.4) is 0 Å². The Bertz CT molecular complexity index is 1330. The fourth-order valence-electron chi connectivity index (χ4n) is 5.93. The number of nitrogens with zero attached hydrogens (tertiary/aromatic N) is 1. The lowest BCUT2D eigenvalue weighted by Crippen LogP contribution is -2.56. The van der Waals surface area contributed by atoms with Crippen molar-refractivity contribution in [2.45, 2.75) is 38.1 Å². The van der Waals surface area contributed by atoms with E-state index in [1.54, 1.807) is 19.2 Å². The zero-order valence-electron chi connectivity index (χ0n) is 21.7. The number of allylic oxidation sites excluding steroid dienone is 1. The van der Waals surface area contributed by atoms with Gasteiger partial charge in [0.05, 0.1) is 36.7 Å². The Morgan fingerprint density at radius 2 is 1.31 bits per heavy atom. The van der Waals surface area contributed by atoms with Gasteiger partial charge < -0.3 is 18.9 Å². The molecule has 2 aliphatic heterocycles. The normalized spacial score (nSPS) is 27.9. The van der Waals surface area contributed by atoms with E-state index < -0.39 is 36.3 Å². The summed E-state index contributed by atoms with van der Waals surface area (Å²) < 4.78 is 25.1. The molecule has 0 unspecified atom stereocenters. The van der Waals surface area contributed by atoms with Crippen molar-refractivity contribution in [1.29, 1.82) is 0 Å². The van der Waals surface area contributed by atoms with Crippen LogP contribution in [-0.4, -0.2) is 37.4 Å². The maximum atomic E-state index is 14.0. The van der Waals surface area contributed by atoms with Gasteiger partial charge in [0.15, 0.2) is 0 Å². The summed E-state index contributed by atoms with van der Waals surface area (Å²) in [6, 6.07) is 28.8. The van der Waals surface area contributed by atoms with Crippen molar-refractivity contribution in [3.05, 3.63) is 114 Å². The minimum atomic E-state index is -0.731. The van der Waals surface area contributed by atoms with Crippen LogP contribution in [0.4, 0.5) is 5.69 Å². The topological polar surface area (TPSA) is 74.3 Å². The highest BCUT2D eigenvalue weighted by atomic mass is 16.7. The molecule has 0 bridgehead atoms. The van der Waals surface area contributed by atoms with Gasteiger partial charge in [0, 0.05) is 7.11 Å². The van der Waals surface area contributed by atoms with Crippen LogP contribution in [0.15, 0.2) is 103 Å². The minimum Gasteiger partial charge on any atom is -0.466 e. The molecule has 3 aromatic carbocycles. The summed E-state index contributed by atoms with van der Waals surface area (Å²) in [6.07, 6.45) is 0.393. The van der Waals surface area contributed by atoms with Gasteiger partial charge in [-0.25, -0.2) is 0 Å². The van der Waals surface area contributed by atoms with E-state index in [-0.39, 0.29) is 11.8 Å². The predicted octanol–water partition coefficient (Wildman–Crippen LogP) is 4.87. The first-order valence-electron chi connectivity index (χ1n) is 13.3. The summed E-state index contributed by atoms with van der Waals surface area (Å²) >= 11 is 0. The molecule has 0 spiro atoms. The average Bonchev–Trinajstić information content (AvgIpc) is 3.25. The van der Waals surface area contributed by atoms with Gasteiger partial charge in [-0.05, 0) is 35.8 Å². The van der Waals surface area contributed by atoms with Crippen molar-refractivity contribution in [1.82, 2.24) is 0 Å². The molecule has 2 fully saturated rings. The Hall–Kier alpha value is -3.78. The molecule has 2 heterocycles. The summed E-state index contributed by atoms with van der Waals surface area (Å²) in [5.41, 5.74) is 2.57. The molecule has 0 N–H and O–H groups in total. The molecule has 2 amide bonds. The highest BCUT2D eigenvalue weighted by Gasteiger charge is 2.60. The molecular formula is C32H31NO6. The molecule has 39 heavy (non-hydrogen) atoms. The fraction of sp³-hybridized carbons (Fsp3) is 0.312. The Kier molecular flexibility index (Phi) is 7.28. The van der Waals surface area contributed by atoms with Crippen LogP contribution in [-0.2, 0) is 41.8 Å². The maximum absolute atomic E-state index is 14.0. The second-order valence-corrected chi connectivity index (χ2v) is 10.1. The van der Waals surface area contributed by atoms with Crippen LogP contribution in [0.5, 0.6) is 0 Å². The number of ether oxygens (including phenoxy) is 4. The Balaban J connectivity index is 1.35. The number of amides is 2. The second kappa shape index (κ2) is 11.1. The van der Waals surface area contributed by atoms with Crippen molar-refractivity contribution >= 4 is 17.5 Å². The molecule has 0 radical (unpaired) electrons. The number of rotatable bonds is 8. The van der Waals surface area contributed by atoms with Gasteiger partial charge in [-0.2, -0.15) is 0 Å². The van der Waals surface area contributed by atoms with E-state index in [0.29, 0.717) is 31.1 Å². The van der Waals surface area contributed by atoms with Crippen LogP contribution >= 0.6 is 0 Å². The minimum absolute atomic E-state index is 0.191. The Labute approximate surface area is 227 Å². The quantitative estimate of drug-likeness (QED) is 0.391. The van der Waals surface area contributed by atoms with E-state index in [9.17, 15) is 9.59 Å². The van der Waals surface area contributed by atoms with Crippen LogP contribution in [0, 0.1) is 17.8 Å². The summed E-state index contributed by atoms with van der Waals surface area (Å²) in [5, 5.41) is 0. The van der Waals surface area contributed by atoms with Crippen LogP contribution in [0.1, 0.15) is 17.5 Å². The monoisotopic (exact) mass is 525 g/mol. The highest BCUT2D eigenvalue weighted by Crippen LogP contribution is 2.49. The summed E-state index contributed by atoms with van der Waals surface area (Å²) in [4.78, 5) is 28.8. The number of fused-ring (bicyclic) bond motifs is 3. The number of hydrogen-bond donors (Lipinski definition) is 0. The smallest absolute Gasteiger partial charge is 0.238 e. The molecule has 0 saturated carbocycles. The molecule has 6 atom stereocenters. The maximum Gasteiger partial charge on any atom is 0.238 e. The first-order valence-corrected chi connectivity index (χ1v) is 13.3. The number of hydrogen-bond acceptors (Lipinski definition) is 6. The van der Waals surface area contributed by atoms with E-state index >= 15 is 0 Å². The predicted molar refractivity (Wildman–Crippen MR) is 144 cm³/mol. The lowest BCUT2D eigenvalue weighted by atomic mass is 9.71. The third-order valence-electron chi connectivity index (χ3n) is 7.78. The first-order chi connectivity index (χ1) is 19.2. The van der Waals surface area contributed by atoms with Gasteiger partial charge in [0.2, 0.25) is 18.1 Å². The number of benzene rings is 3. The van der Waals surface area contributed by atoms with Gasteiger partial charge in [0.1, 0.15) is 18.0 Å². The van der Waals surface area contributed by atoms with Crippen LogP contribution < -0.4 is 4.90 Å². The van der Waals surface area contributed by atoms with E-state index in [4.69, 9.17) is 18.9 Å². The first kappa shape index (κ1) is 25.5. The molecule has 6 rings (SSSR count). The standard InChI is InChI=1S/C32H31NO6/c1-36-32-29(38-20-22-13-7-3-8-14-22)28(37-19-21-11-5-2-6-12-21)27-25(39-32)18-17-24-26(27)31(35)33(30(24)34)23-15-9-4-10-16-23/h2-16,18,24,26-29,32H,17,19-20H2,1H3/t24-,26-,27+,28+,29+,32-/m0/s1. The third kappa shape index (κ3) is 4.89. The molecule has 200 valence electrons. The zero-order valence-corrected chi connectivity index (χ0v) is 21.7. The molecule has 7 nitrogen and oxygen atoms in total. The van der Waals surface area contributed by atoms with E-state index in [2.05, 4.69) is 0 Å². The molecule has 2 saturated heterocycles. The number of carbonyl (C=O) groups is 2. The lowest BCUT2D eigenvalue weighted by Gasteiger charge is -2.46. The van der Waals surface area contributed by atoms with Crippen molar-refractivity contribution < 1.29 is 28.5 Å². The largest absolute Gasteiger partial charge is 0.466 e. The molecule has 7 heteroatoms. The van der Waals surface area contributed by atoms with E-state index in [0.717, 1.165) is 11.1 Å². The van der Waals surface area contributed by atoms with Gasteiger partial charge in [0.25, 0.3) is 0 Å². The third-order valence-corrected chi connectivity index (χ3v) is 7.78. The summed E-state index contributed by atoms with van der Waals surface area (Å²) in [6.45, 7) is 0.641. The van der Waals surface area contributed by atoms with Gasteiger partial charge in [-0.15, -0.1) is 0 Å². The summed E-state index contributed by atoms with van der Waals surface area (Å²) in [5.74, 6) is -1.42. The average molecular weight is 526 g/mol. The van der Waals surface area contributed by atoms with Crippen molar-refractivity contribution in [3.63, 3.8) is 0 Å². The number of para-hydroxylation sites is 1. The Morgan fingerprint density at radius 1 is 0.744 bits per heavy atom. The van der Waals surface area contributed by atoms with Crippen LogP contribution in [0.25, 0.3) is 0 Å².